The number of hydrogen-bond acceptors (Lipinski definition) is 26. The van der Waals surface area contributed by atoms with Crippen molar-refractivity contribution < 1.29 is 122 Å². The normalized spacial score (nSPS) is 24.5. The number of primary amides is 1. The number of phenols is 1. The third kappa shape index (κ3) is 23.4. The van der Waals surface area contributed by atoms with Crippen molar-refractivity contribution in [1.29, 1.82) is 0 Å². The number of fused-ring (bicyclic) bond motifs is 5. The van der Waals surface area contributed by atoms with Crippen LogP contribution in [-0.4, -0.2) is 273 Å². The lowest BCUT2D eigenvalue weighted by Gasteiger charge is -2.33. The summed E-state index contributed by atoms with van der Waals surface area (Å²) in [6.45, 7) is 1.34. The molecule has 2 bridgehead atoms. The molecule has 39 heteroatoms. The van der Waals surface area contributed by atoms with Crippen LogP contribution in [0.5, 0.6) is 5.75 Å². The molecule has 1 saturated heterocycles. The molecule has 0 aliphatic carbocycles. The number of aromatic hydroxyl groups is 1. The molecular weight excluding hydrogens is 1360 g/mol. The van der Waals surface area contributed by atoms with Gasteiger partial charge in [-0.05, 0) is 36.5 Å². The van der Waals surface area contributed by atoms with Gasteiger partial charge in [-0.3, -0.25) is 56.9 Å². The summed E-state index contributed by atoms with van der Waals surface area (Å²) in [5.74, 6) is -17.6. The molecule has 1 fully saturated rings. The van der Waals surface area contributed by atoms with E-state index < -0.39 is 255 Å². The number of aromatic amines is 1. The number of phenolic OH excluding ortho intramolecular Hbond substituents is 1. The van der Waals surface area contributed by atoms with Crippen molar-refractivity contribution in [2.45, 2.75) is 157 Å². The van der Waals surface area contributed by atoms with Crippen molar-refractivity contribution in [1.82, 2.24) is 52.4 Å². The van der Waals surface area contributed by atoms with Gasteiger partial charge in [0.2, 0.25) is 59.1 Å². The molecule has 20 N–H and O–H groups in total. The Hall–Kier alpha value is -7.76. The average molecular weight is 1450 g/mol. The predicted octanol–water partition coefficient (Wildman–Crippen LogP) is -6.36. The standard InChI is InChI=1S/C59H87N11O25S3/c1-5-26(3)33-13-30(73)18-62-52(85)36-16-34-32-9-8-29(72)14-35(32)68-56(34)98(93)25-39(64-46(80)20-63-51(33)84)53(86)66-37(17-44(60)78)57(89)70-21-31(74)15-40(70)54(87)69-47(55(88)65-36)27(4)43(77)23-95-59(92)94-11-12-96-97-24-38(58(90)91)67-50(83)28(6-2)7-10-45(79)61-19-41(75)48(81)49(82)42(76)22-71/h8-9,14,26-28,31,33,36-43,47-49,68,71-72,74-77,81-82H,5-7,10-13,15-25H2,1-4H3,(H2,60,78)(H,61,79)(H,62,85)(H,63,84)(H,64,80)(H,65,88)(H,66,86)(H,67,83)(H,69,87)(H,90,91)/t26?,27-,28+,31-,33-,36-,37+,38+,39-,40+,41+,42-,43+,47+,48-,49-,98?/m1/s1. The van der Waals surface area contributed by atoms with Crippen LogP contribution < -0.4 is 48.3 Å². The number of ketones is 1. The Labute approximate surface area is 571 Å². The van der Waals surface area contributed by atoms with Gasteiger partial charge in [-0.15, -0.1) is 0 Å². The molecule has 1 aromatic carbocycles. The number of carboxylic acid groups (broad SMARTS) is 1. The molecular formula is C59H87N11O25S3. The second-order valence-corrected chi connectivity index (χ2v) is 28.0. The van der Waals surface area contributed by atoms with Crippen LogP contribution in [0.15, 0.2) is 23.2 Å². The van der Waals surface area contributed by atoms with Crippen LogP contribution in [0.3, 0.4) is 0 Å². The number of hydrogen-bond donors (Lipinski definition) is 19. The molecule has 36 nitrogen and oxygen atoms in total. The molecule has 2 unspecified atom stereocenters. The van der Waals surface area contributed by atoms with Gasteiger partial charge < -0.3 is 114 Å². The number of nitrogens with one attached hydrogen (secondary N) is 9. The molecule has 98 heavy (non-hydrogen) atoms. The van der Waals surface area contributed by atoms with Crippen molar-refractivity contribution in [3.05, 3.63) is 23.8 Å². The number of aromatic nitrogens is 1. The Morgan fingerprint density at radius 2 is 1.51 bits per heavy atom. The van der Waals surface area contributed by atoms with Gasteiger partial charge in [0, 0.05) is 79.5 Å². The molecule has 3 aliphatic rings. The van der Waals surface area contributed by atoms with Crippen LogP contribution in [0.2, 0.25) is 0 Å². The second kappa shape index (κ2) is 38.6. The number of carbonyl (C=O) groups excluding carboxylic acids is 12. The van der Waals surface area contributed by atoms with Gasteiger partial charge in [-0.2, -0.15) is 0 Å². The molecule has 4 heterocycles. The number of rotatable bonds is 27. The van der Waals surface area contributed by atoms with Crippen LogP contribution in [0.1, 0.15) is 78.2 Å². The van der Waals surface area contributed by atoms with Crippen LogP contribution >= 0.6 is 21.6 Å². The largest absolute Gasteiger partial charge is 0.508 e. The number of carbonyl (C=O) groups is 13. The third-order valence-corrected chi connectivity index (χ3v) is 20.6. The summed E-state index contributed by atoms with van der Waals surface area (Å²) in [4.78, 5) is 181. The van der Waals surface area contributed by atoms with Gasteiger partial charge in [0.1, 0.15) is 78.6 Å². The van der Waals surface area contributed by atoms with E-state index in [0.29, 0.717) is 6.42 Å². The average Bonchev–Trinajstić information content (AvgIpc) is 1.63. The first kappa shape index (κ1) is 80.9. The number of aliphatic hydroxyl groups is 7. The fourth-order valence-corrected chi connectivity index (χ4v) is 14.1. The number of nitrogens with zero attached hydrogens (tertiary/aromatic N) is 1. The molecule has 10 amide bonds. The molecule has 0 spiro atoms. The number of benzene rings is 1. The molecule has 17 atom stereocenters. The first-order chi connectivity index (χ1) is 46.3. The van der Waals surface area contributed by atoms with E-state index >= 15 is 4.79 Å². The summed E-state index contributed by atoms with van der Waals surface area (Å²) in [6, 6.07) is -6.95. The number of Topliss-reactive ketones (excluding diaryl/α,β-unsaturated/α-hetero) is 1. The summed E-state index contributed by atoms with van der Waals surface area (Å²) >= 11 is 0. The highest BCUT2D eigenvalue weighted by Gasteiger charge is 2.46. The maximum Gasteiger partial charge on any atom is 0.508 e. The van der Waals surface area contributed by atoms with E-state index in [1.807, 2.05) is 0 Å². The maximum absolute atomic E-state index is 15.0. The van der Waals surface area contributed by atoms with Crippen molar-refractivity contribution in [2.75, 3.05) is 63.3 Å². The fourth-order valence-electron chi connectivity index (χ4n) is 10.8. The van der Waals surface area contributed by atoms with Gasteiger partial charge in [-0.1, -0.05) is 55.7 Å². The van der Waals surface area contributed by atoms with Gasteiger partial charge >= 0.3 is 12.1 Å². The minimum Gasteiger partial charge on any atom is -0.508 e. The second-order valence-electron chi connectivity index (χ2n) is 23.9. The van der Waals surface area contributed by atoms with Gasteiger partial charge in [-0.25, -0.2) is 9.59 Å². The van der Waals surface area contributed by atoms with E-state index in [1.165, 1.54) is 25.1 Å². The molecule has 3 aliphatic heterocycles. The van der Waals surface area contributed by atoms with Crippen LogP contribution in [-0.2, 0) is 84.2 Å². The third-order valence-electron chi connectivity index (χ3n) is 16.8. The molecule has 0 radical (unpaired) electrons. The number of carboxylic acids is 1. The van der Waals surface area contributed by atoms with Crippen LogP contribution in [0.4, 0.5) is 4.79 Å². The van der Waals surface area contributed by atoms with Crippen molar-refractivity contribution in [3.8, 4) is 5.75 Å². The van der Waals surface area contributed by atoms with E-state index in [1.54, 1.807) is 20.8 Å². The molecule has 0 saturated carbocycles. The number of nitrogens with two attached hydrogens (primary N) is 1. The lowest BCUT2D eigenvalue weighted by Crippen LogP contribution is -2.62. The van der Waals surface area contributed by atoms with Crippen LogP contribution in [0.25, 0.3) is 10.9 Å². The van der Waals surface area contributed by atoms with Crippen molar-refractivity contribution in [2.24, 2.45) is 29.4 Å². The summed E-state index contributed by atoms with van der Waals surface area (Å²) in [5.41, 5.74) is 5.66. The lowest BCUT2D eigenvalue weighted by atomic mass is 9.86. The maximum atomic E-state index is 15.0. The van der Waals surface area contributed by atoms with E-state index in [9.17, 15) is 103 Å². The number of H-pyrrole nitrogens is 1. The minimum absolute atomic E-state index is 0.00348. The zero-order valence-electron chi connectivity index (χ0n) is 54.0. The van der Waals surface area contributed by atoms with E-state index in [4.69, 9.17) is 20.3 Å². The summed E-state index contributed by atoms with van der Waals surface area (Å²) in [5, 5.41) is 111. The first-order valence-electron chi connectivity index (χ1n) is 31.4. The Morgan fingerprint density at radius 1 is 0.816 bits per heavy atom. The zero-order valence-corrected chi connectivity index (χ0v) is 56.5. The molecule has 5 rings (SSSR count). The van der Waals surface area contributed by atoms with Crippen LogP contribution in [0, 0.1) is 23.7 Å². The Balaban J connectivity index is 1.36. The highest BCUT2D eigenvalue weighted by atomic mass is 33.1. The fraction of sp³-hybridized carbons (Fsp3) is 0.644. The highest BCUT2D eigenvalue weighted by Crippen LogP contribution is 2.31. The number of aliphatic carboxylic acids is 1. The Bertz CT molecular complexity index is 3240. The lowest BCUT2D eigenvalue weighted by molar-refractivity contribution is -0.144. The molecule has 2 aromatic rings. The molecule has 546 valence electrons. The summed E-state index contributed by atoms with van der Waals surface area (Å²) in [6.07, 6.45) is -14.4. The highest BCUT2D eigenvalue weighted by molar-refractivity contribution is 8.76. The Kier molecular flexibility index (Phi) is 31.8. The van der Waals surface area contributed by atoms with Gasteiger partial charge in [0.25, 0.3) is 0 Å². The monoisotopic (exact) mass is 1450 g/mol. The minimum atomic E-state index is -2.48. The van der Waals surface area contributed by atoms with E-state index in [-0.39, 0.29) is 64.6 Å². The molecule has 1 aromatic heterocycles. The van der Waals surface area contributed by atoms with E-state index in [0.717, 1.165) is 26.5 Å². The Morgan fingerprint density at radius 3 is 2.17 bits per heavy atom. The topological polar surface area (TPSA) is 581 Å². The smallest absolute Gasteiger partial charge is 0.508 e. The summed E-state index contributed by atoms with van der Waals surface area (Å²) < 4.78 is 25.1. The number of amides is 10. The summed E-state index contributed by atoms with van der Waals surface area (Å²) in [7, 11) is -0.489. The number of ether oxygens (including phenoxy) is 2. The predicted molar refractivity (Wildman–Crippen MR) is 345 cm³/mol. The quantitative estimate of drug-likeness (QED) is 0.0225. The van der Waals surface area contributed by atoms with Gasteiger partial charge in [0.05, 0.1) is 66.5 Å². The SMILES string of the molecule is CCC(C)[C@H]1CC(=O)CNC(=O)[C@H]2Cc3c([nH]c4cc(O)ccc34)S(=O)C[C@@H](NC(=O)CNC1=O)C(=O)N[C@@H](CC(N)=O)C(=O)N1C[C@H](O)C[C@H]1C(=O)N[C@@H]([C@H](C)[C@@H](O)COC(=O)OCCSSC[C@H](NC(=O)[C@@H](CC)CCC(=O)NC[C@H](O)[C@@H](O)[C@H](O)[C@H](O)CO)C(=O)O)C(=O)N2. The van der Waals surface area contributed by atoms with E-state index in [2.05, 4.69) is 47.5 Å². The zero-order chi connectivity index (χ0) is 72.8. The number of aliphatic hydroxyl groups excluding tert-OH is 7. The van der Waals surface area contributed by atoms with Crippen molar-refractivity contribution >= 4 is 120 Å². The van der Waals surface area contributed by atoms with Crippen molar-refractivity contribution in [3.63, 3.8) is 0 Å². The van der Waals surface area contributed by atoms with Gasteiger partial charge in [0.15, 0.2) is 5.78 Å². The first-order valence-corrected chi connectivity index (χ1v) is 35.2.